The summed E-state index contributed by atoms with van der Waals surface area (Å²) in [7, 11) is 4.94. The normalized spacial score (nSPS) is 10.6. The largest absolute Gasteiger partial charge is 0.493 e. The Morgan fingerprint density at radius 1 is 1.07 bits per heavy atom. The predicted molar refractivity (Wildman–Crippen MR) is 130 cm³/mol. The maximum absolute atomic E-state index is 12.0. The highest BCUT2D eigenvalue weighted by atomic mass is 127. The molecule has 8 nitrogen and oxygen atoms in total. The van der Waals surface area contributed by atoms with E-state index >= 15 is 0 Å². The number of hydrogen-bond acceptors (Lipinski definition) is 5. The topological polar surface area (TPSA) is 96.9 Å². The molecule has 1 amide bonds. The first kappa shape index (κ1) is 25.5. The summed E-state index contributed by atoms with van der Waals surface area (Å²) >= 11 is 0. The summed E-state index contributed by atoms with van der Waals surface area (Å²) < 4.78 is 10.6. The highest BCUT2D eigenvalue weighted by Crippen LogP contribution is 2.27. The van der Waals surface area contributed by atoms with E-state index in [9.17, 15) is 4.79 Å². The summed E-state index contributed by atoms with van der Waals surface area (Å²) in [5.41, 5.74) is 1.98. The number of hydrogen-bond donors (Lipinski definition) is 3. The Hall–Kier alpha value is -2.56. The van der Waals surface area contributed by atoms with E-state index in [1.807, 2.05) is 37.3 Å². The molecule has 0 saturated carbocycles. The molecule has 1 heterocycles. The fraction of sp³-hybridized carbons (Fsp3) is 0.381. The van der Waals surface area contributed by atoms with Gasteiger partial charge in [0.05, 0.1) is 14.2 Å². The standard InChI is InChI=1S/C21H29N5O3.HI/c1-15-6-5-7-19(25-15)26-20(27)11-13-24-21(22-2)23-12-10-16-8-9-17(28-3)18(14-16)29-4;/h5-9,14H,10-13H2,1-4H3,(H2,22,23,24)(H,25,26,27);1H. The molecule has 0 bridgehead atoms. The average Bonchev–Trinajstić information content (AvgIpc) is 2.72. The Kier molecular flexibility index (Phi) is 11.6. The highest BCUT2D eigenvalue weighted by Gasteiger charge is 2.06. The number of rotatable bonds is 9. The summed E-state index contributed by atoms with van der Waals surface area (Å²) in [5.74, 6) is 2.53. The lowest BCUT2D eigenvalue weighted by atomic mass is 10.1. The van der Waals surface area contributed by atoms with Gasteiger partial charge in [-0.05, 0) is 43.2 Å². The minimum absolute atomic E-state index is 0. The van der Waals surface area contributed by atoms with Crippen molar-refractivity contribution in [1.82, 2.24) is 15.6 Å². The number of pyridine rings is 1. The molecule has 30 heavy (non-hydrogen) atoms. The molecule has 3 N–H and O–H groups in total. The average molecular weight is 527 g/mol. The third-order valence-corrected chi connectivity index (χ3v) is 4.18. The SMILES string of the molecule is CN=C(NCCC(=O)Nc1cccc(C)n1)NCCc1ccc(OC)c(OC)c1.I. The molecule has 0 fully saturated rings. The minimum atomic E-state index is -0.101. The van der Waals surface area contributed by atoms with Crippen LogP contribution in [0.1, 0.15) is 17.7 Å². The van der Waals surface area contributed by atoms with E-state index in [0.717, 1.165) is 17.7 Å². The first-order valence-electron chi connectivity index (χ1n) is 9.44. The van der Waals surface area contributed by atoms with Gasteiger partial charge in [-0.15, -0.1) is 24.0 Å². The number of carbonyl (C=O) groups excluding carboxylic acids is 1. The summed E-state index contributed by atoms with van der Waals surface area (Å²) in [6, 6.07) is 11.4. The minimum Gasteiger partial charge on any atom is -0.493 e. The molecule has 0 saturated heterocycles. The Bertz CT molecular complexity index is 845. The second kappa shape index (κ2) is 13.6. The monoisotopic (exact) mass is 527 g/mol. The smallest absolute Gasteiger partial charge is 0.227 e. The van der Waals surface area contributed by atoms with Gasteiger partial charge in [0.2, 0.25) is 5.91 Å². The Balaban J connectivity index is 0.00000450. The van der Waals surface area contributed by atoms with Gasteiger partial charge in [0.25, 0.3) is 0 Å². The molecule has 164 valence electrons. The summed E-state index contributed by atoms with van der Waals surface area (Å²) in [6.45, 7) is 3.04. The fourth-order valence-electron chi connectivity index (χ4n) is 2.69. The second-order valence-electron chi connectivity index (χ2n) is 6.33. The van der Waals surface area contributed by atoms with Crippen LogP contribution in [0.15, 0.2) is 41.4 Å². The molecule has 9 heteroatoms. The zero-order valence-electron chi connectivity index (χ0n) is 17.8. The molecule has 2 aromatic rings. The van der Waals surface area contributed by atoms with Gasteiger partial charge < -0.3 is 25.4 Å². The molecule has 2 rings (SSSR count). The number of nitrogens with one attached hydrogen (secondary N) is 3. The van der Waals surface area contributed by atoms with Crippen LogP contribution in [0.5, 0.6) is 11.5 Å². The number of anilines is 1. The zero-order chi connectivity index (χ0) is 21.1. The van der Waals surface area contributed by atoms with Crippen LogP contribution in [0.25, 0.3) is 0 Å². The Labute approximate surface area is 194 Å². The van der Waals surface area contributed by atoms with E-state index in [1.54, 1.807) is 27.3 Å². The quantitative estimate of drug-likeness (QED) is 0.264. The molecule has 1 aromatic heterocycles. The van der Waals surface area contributed by atoms with Crippen molar-refractivity contribution < 1.29 is 14.3 Å². The maximum atomic E-state index is 12.0. The van der Waals surface area contributed by atoms with E-state index in [2.05, 4.69) is 25.9 Å². The van der Waals surface area contributed by atoms with Crippen molar-refractivity contribution in [2.24, 2.45) is 4.99 Å². The van der Waals surface area contributed by atoms with Gasteiger partial charge >= 0.3 is 0 Å². The van der Waals surface area contributed by atoms with Crippen LogP contribution in [-0.4, -0.2) is 51.2 Å². The van der Waals surface area contributed by atoms with Crippen molar-refractivity contribution in [2.75, 3.05) is 39.7 Å². The molecule has 0 spiro atoms. The lowest BCUT2D eigenvalue weighted by Crippen LogP contribution is -2.39. The summed E-state index contributed by atoms with van der Waals surface area (Å²) in [5, 5.41) is 9.16. The van der Waals surface area contributed by atoms with Gasteiger partial charge in [-0.2, -0.15) is 0 Å². The molecule has 1 aromatic carbocycles. The van der Waals surface area contributed by atoms with Crippen molar-refractivity contribution in [1.29, 1.82) is 0 Å². The number of carbonyl (C=O) groups is 1. The van der Waals surface area contributed by atoms with Crippen LogP contribution < -0.4 is 25.4 Å². The molecular weight excluding hydrogens is 497 g/mol. The number of benzene rings is 1. The zero-order valence-corrected chi connectivity index (χ0v) is 20.2. The number of methoxy groups -OCH3 is 2. The van der Waals surface area contributed by atoms with Crippen molar-refractivity contribution in [2.45, 2.75) is 19.8 Å². The number of aliphatic imine (C=N–C) groups is 1. The van der Waals surface area contributed by atoms with Crippen LogP contribution in [-0.2, 0) is 11.2 Å². The van der Waals surface area contributed by atoms with Crippen molar-refractivity contribution in [3.63, 3.8) is 0 Å². The number of aryl methyl sites for hydroxylation is 1. The van der Waals surface area contributed by atoms with E-state index in [-0.39, 0.29) is 29.9 Å². The highest BCUT2D eigenvalue weighted by molar-refractivity contribution is 14.0. The van der Waals surface area contributed by atoms with Gasteiger partial charge in [0.1, 0.15) is 5.82 Å². The number of halogens is 1. The van der Waals surface area contributed by atoms with Crippen LogP contribution in [0, 0.1) is 6.92 Å². The van der Waals surface area contributed by atoms with Crippen LogP contribution in [0.2, 0.25) is 0 Å². The van der Waals surface area contributed by atoms with E-state index in [0.29, 0.717) is 42.8 Å². The summed E-state index contributed by atoms with van der Waals surface area (Å²) in [4.78, 5) is 20.5. The van der Waals surface area contributed by atoms with Crippen molar-refractivity contribution in [3.8, 4) is 11.5 Å². The van der Waals surface area contributed by atoms with Crippen LogP contribution in [0.3, 0.4) is 0 Å². The molecular formula is C21H30IN5O3. The number of aromatic nitrogens is 1. The third-order valence-electron chi connectivity index (χ3n) is 4.18. The van der Waals surface area contributed by atoms with E-state index in [4.69, 9.17) is 9.47 Å². The van der Waals surface area contributed by atoms with Crippen molar-refractivity contribution >= 4 is 41.7 Å². The molecule has 0 radical (unpaired) electrons. The number of nitrogens with zero attached hydrogens (tertiary/aromatic N) is 2. The second-order valence-corrected chi connectivity index (χ2v) is 6.33. The third kappa shape index (κ3) is 8.44. The fourth-order valence-corrected chi connectivity index (χ4v) is 2.69. The van der Waals surface area contributed by atoms with E-state index < -0.39 is 0 Å². The van der Waals surface area contributed by atoms with E-state index in [1.165, 1.54) is 0 Å². The Morgan fingerprint density at radius 2 is 1.80 bits per heavy atom. The summed E-state index contributed by atoms with van der Waals surface area (Å²) in [6.07, 6.45) is 1.10. The van der Waals surface area contributed by atoms with Crippen molar-refractivity contribution in [3.05, 3.63) is 47.7 Å². The lowest BCUT2D eigenvalue weighted by molar-refractivity contribution is -0.116. The van der Waals surface area contributed by atoms with Gasteiger partial charge in [0.15, 0.2) is 17.5 Å². The number of guanidine groups is 1. The predicted octanol–water partition coefficient (Wildman–Crippen LogP) is 2.76. The maximum Gasteiger partial charge on any atom is 0.227 e. The molecule has 0 unspecified atom stereocenters. The lowest BCUT2D eigenvalue weighted by Gasteiger charge is -2.13. The van der Waals surface area contributed by atoms with Crippen LogP contribution in [0.4, 0.5) is 5.82 Å². The van der Waals surface area contributed by atoms with Gasteiger partial charge in [-0.3, -0.25) is 9.79 Å². The van der Waals surface area contributed by atoms with Crippen LogP contribution >= 0.6 is 24.0 Å². The molecule has 0 aliphatic heterocycles. The first-order valence-corrected chi connectivity index (χ1v) is 9.44. The molecule has 0 aliphatic carbocycles. The first-order chi connectivity index (χ1) is 14.0. The van der Waals surface area contributed by atoms with Gasteiger partial charge in [0, 0.05) is 32.3 Å². The Morgan fingerprint density at radius 3 is 2.47 bits per heavy atom. The number of amides is 1. The molecule has 0 aliphatic rings. The number of ether oxygens (including phenoxy) is 2. The van der Waals surface area contributed by atoms with Gasteiger partial charge in [-0.1, -0.05) is 12.1 Å². The van der Waals surface area contributed by atoms with Gasteiger partial charge in [-0.25, -0.2) is 4.98 Å². The molecule has 0 atom stereocenters.